The lowest BCUT2D eigenvalue weighted by Gasteiger charge is -2.19. The first-order valence-electron chi connectivity index (χ1n) is 10.1. The van der Waals surface area contributed by atoms with Crippen LogP contribution in [0.1, 0.15) is 21.5 Å². The van der Waals surface area contributed by atoms with Gasteiger partial charge in [-0.1, -0.05) is 30.3 Å². The number of fused-ring (bicyclic) bond motifs is 1. The number of guanidine groups is 1. The van der Waals surface area contributed by atoms with Gasteiger partial charge in [0, 0.05) is 45.5 Å². The van der Waals surface area contributed by atoms with Gasteiger partial charge < -0.3 is 20.4 Å². The van der Waals surface area contributed by atoms with E-state index in [9.17, 15) is 9.59 Å². The molecule has 0 aromatic heterocycles. The number of amides is 2. The summed E-state index contributed by atoms with van der Waals surface area (Å²) in [7, 11) is 5.17. The van der Waals surface area contributed by atoms with Crippen molar-refractivity contribution < 1.29 is 9.59 Å². The summed E-state index contributed by atoms with van der Waals surface area (Å²) in [5.74, 6) is 0.596. The van der Waals surface area contributed by atoms with Crippen molar-refractivity contribution in [2.75, 3.05) is 45.7 Å². The van der Waals surface area contributed by atoms with Crippen molar-refractivity contribution in [3.63, 3.8) is 0 Å². The molecule has 1 heterocycles. The molecule has 0 fully saturated rings. The number of halogens is 1. The van der Waals surface area contributed by atoms with E-state index < -0.39 is 0 Å². The Morgan fingerprint density at radius 2 is 1.87 bits per heavy atom. The molecule has 8 heteroatoms. The van der Waals surface area contributed by atoms with Gasteiger partial charge in [-0.15, -0.1) is 24.0 Å². The van der Waals surface area contributed by atoms with Crippen LogP contribution in [-0.4, -0.2) is 63.5 Å². The van der Waals surface area contributed by atoms with E-state index in [1.165, 1.54) is 5.56 Å². The standard InChI is InChI=1S/C23H29N5O2.HI/c1-24-23(25-13-11-17-7-6-9-19(15-17)22(30)27(2)3)26-16-21(29)28-14-12-18-8-4-5-10-20(18)28;/h4-10,15H,11-14,16H2,1-3H3,(H2,24,25,26);1H. The van der Waals surface area contributed by atoms with Crippen LogP contribution >= 0.6 is 24.0 Å². The van der Waals surface area contributed by atoms with Gasteiger partial charge in [-0.25, -0.2) is 0 Å². The second kappa shape index (κ2) is 11.7. The molecule has 0 aliphatic carbocycles. The molecule has 3 rings (SSSR count). The lowest BCUT2D eigenvalue weighted by atomic mass is 10.1. The normalized spacial score (nSPS) is 12.6. The Morgan fingerprint density at radius 3 is 2.61 bits per heavy atom. The first-order valence-corrected chi connectivity index (χ1v) is 10.1. The predicted molar refractivity (Wildman–Crippen MR) is 135 cm³/mol. The van der Waals surface area contributed by atoms with Crippen LogP contribution in [0.25, 0.3) is 0 Å². The highest BCUT2D eigenvalue weighted by Gasteiger charge is 2.23. The molecule has 0 radical (unpaired) electrons. The molecule has 0 saturated carbocycles. The minimum Gasteiger partial charge on any atom is -0.356 e. The molecule has 0 atom stereocenters. The molecule has 0 saturated heterocycles. The summed E-state index contributed by atoms with van der Waals surface area (Å²) < 4.78 is 0. The van der Waals surface area contributed by atoms with Crippen LogP contribution in [0.15, 0.2) is 53.5 Å². The van der Waals surface area contributed by atoms with Crippen molar-refractivity contribution >= 4 is 47.4 Å². The molecule has 2 N–H and O–H groups in total. The Labute approximate surface area is 200 Å². The van der Waals surface area contributed by atoms with Gasteiger partial charge in [0.05, 0.1) is 6.54 Å². The number of carbonyl (C=O) groups excluding carboxylic acids is 2. The van der Waals surface area contributed by atoms with E-state index in [-0.39, 0.29) is 42.3 Å². The van der Waals surface area contributed by atoms with Crippen molar-refractivity contribution in [2.45, 2.75) is 12.8 Å². The molecule has 2 aromatic carbocycles. The fourth-order valence-electron chi connectivity index (χ4n) is 3.52. The van der Waals surface area contributed by atoms with Crippen LogP contribution in [0.2, 0.25) is 0 Å². The van der Waals surface area contributed by atoms with E-state index >= 15 is 0 Å². The molecular formula is C23H30IN5O2. The smallest absolute Gasteiger partial charge is 0.253 e. The summed E-state index contributed by atoms with van der Waals surface area (Å²) in [5, 5.41) is 6.32. The maximum Gasteiger partial charge on any atom is 0.253 e. The van der Waals surface area contributed by atoms with Gasteiger partial charge in [0.15, 0.2) is 5.96 Å². The van der Waals surface area contributed by atoms with Crippen LogP contribution in [-0.2, 0) is 17.6 Å². The van der Waals surface area contributed by atoms with Crippen molar-refractivity contribution in [3.8, 4) is 0 Å². The molecule has 1 aliphatic rings. The minimum atomic E-state index is -0.00992. The first kappa shape index (κ1) is 24.6. The fraction of sp³-hybridized carbons (Fsp3) is 0.348. The largest absolute Gasteiger partial charge is 0.356 e. The molecule has 0 spiro atoms. The summed E-state index contributed by atoms with van der Waals surface area (Å²) in [6.45, 7) is 1.54. The summed E-state index contributed by atoms with van der Waals surface area (Å²) in [5.41, 5.74) is 3.95. The topological polar surface area (TPSA) is 77.0 Å². The molecule has 166 valence electrons. The average Bonchev–Trinajstić information content (AvgIpc) is 3.19. The van der Waals surface area contributed by atoms with E-state index in [1.54, 1.807) is 26.0 Å². The van der Waals surface area contributed by atoms with E-state index in [4.69, 9.17) is 0 Å². The number of para-hydroxylation sites is 1. The Morgan fingerprint density at radius 1 is 1.10 bits per heavy atom. The van der Waals surface area contributed by atoms with Crippen LogP contribution in [0.3, 0.4) is 0 Å². The SMILES string of the molecule is CN=C(NCCc1cccc(C(=O)N(C)C)c1)NCC(=O)N1CCc2ccccc21.I. The molecule has 7 nitrogen and oxygen atoms in total. The summed E-state index contributed by atoms with van der Waals surface area (Å²) >= 11 is 0. The second-order valence-electron chi connectivity index (χ2n) is 7.43. The van der Waals surface area contributed by atoms with Gasteiger partial charge in [0.1, 0.15) is 0 Å². The number of nitrogens with one attached hydrogen (secondary N) is 2. The fourth-order valence-corrected chi connectivity index (χ4v) is 3.52. The van der Waals surface area contributed by atoms with Crippen molar-refractivity contribution in [1.82, 2.24) is 15.5 Å². The number of hydrogen-bond donors (Lipinski definition) is 2. The zero-order chi connectivity index (χ0) is 21.5. The lowest BCUT2D eigenvalue weighted by Crippen LogP contribution is -2.44. The highest BCUT2D eigenvalue weighted by atomic mass is 127. The van der Waals surface area contributed by atoms with E-state index in [2.05, 4.69) is 21.7 Å². The van der Waals surface area contributed by atoms with Crippen LogP contribution in [0.4, 0.5) is 5.69 Å². The van der Waals surface area contributed by atoms with Gasteiger partial charge in [0.25, 0.3) is 5.91 Å². The van der Waals surface area contributed by atoms with E-state index in [0.717, 1.165) is 24.1 Å². The summed E-state index contributed by atoms with van der Waals surface area (Å²) in [6.07, 6.45) is 1.63. The maximum atomic E-state index is 12.6. The minimum absolute atomic E-state index is 0. The Hall–Kier alpha value is -2.62. The molecule has 31 heavy (non-hydrogen) atoms. The zero-order valence-corrected chi connectivity index (χ0v) is 20.6. The monoisotopic (exact) mass is 535 g/mol. The molecule has 0 bridgehead atoms. The van der Waals surface area contributed by atoms with Crippen molar-refractivity contribution in [1.29, 1.82) is 0 Å². The predicted octanol–water partition coefficient (Wildman–Crippen LogP) is 2.30. The Bertz CT molecular complexity index is 945. The molecular weight excluding hydrogens is 505 g/mol. The number of carbonyl (C=O) groups is 2. The number of hydrogen-bond acceptors (Lipinski definition) is 3. The van der Waals surface area contributed by atoms with Crippen molar-refractivity contribution in [3.05, 3.63) is 65.2 Å². The molecule has 2 amide bonds. The second-order valence-corrected chi connectivity index (χ2v) is 7.43. The number of anilines is 1. The third-order valence-electron chi connectivity index (χ3n) is 5.11. The van der Waals surface area contributed by atoms with Crippen LogP contribution in [0, 0.1) is 0 Å². The van der Waals surface area contributed by atoms with Crippen LogP contribution in [0.5, 0.6) is 0 Å². The third kappa shape index (κ3) is 6.43. The molecule has 2 aromatic rings. The third-order valence-corrected chi connectivity index (χ3v) is 5.11. The molecule has 1 aliphatic heterocycles. The number of nitrogens with zero attached hydrogens (tertiary/aromatic N) is 3. The number of benzene rings is 2. The summed E-state index contributed by atoms with van der Waals surface area (Å²) in [6, 6.07) is 15.6. The van der Waals surface area contributed by atoms with Gasteiger partial charge in [-0.2, -0.15) is 0 Å². The van der Waals surface area contributed by atoms with Gasteiger partial charge >= 0.3 is 0 Å². The summed E-state index contributed by atoms with van der Waals surface area (Å²) in [4.78, 5) is 32.3. The van der Waals surface area contributed by atoms with Gasteiger partial charge in [0.2, 0.25) is 5.91 Å². The Kier molecular flexibility index (Phi) is 9.29. The Balaban J connectivity index is 0.00000341. The van der Waals surface area contributed by atoms with Crippen LogP contribution < -0.4 is 15.5 Å². The van der Waals surface area contributed by atoms with Gasteiger partial charge in [-0.05, 0) is 42.2 Å². The average molecular weight is 535 g/mol. The van der Waals surface area contributed by atoms with E-state index in [0.29, 0.717) is 24.6 Å². The first-order chi connectivity index (χ1) is 14.5. The number of rotatable bonds is 6. The number of aliphatic imine (C=N–C) groups is 1. The van der Waals surface area contributed by atoms with Crippen molar-refractivity contribution in [2.24, 2.45) is 4.99 Å². The van der Waals surface area contributed by atoms with Gasteiger partial charge in [-0.3, -0.25) is 14.6 Å². The molecule has 0 unspecified atom stereocenters. The van der Waals surface area contributed by atoms with E-state index in [1.807, 2.05) is 47.4 Å². The zero-order valence-electron chi connectivity index (χ0n) is 18.2. The highest BCUT2D eigenvalue weighted by molar-refractivity contribution is 14.0. The highest BCUT2D eigenvalue weighted by Crippen LogP contribution is 2.27. The quantitative estimate of drug-likeness (QED) is 0.338. The lowest BCUT2D eigenvalue weighted by molar-refractivity contribution is -0.117. The maximum absolute atomic E-state index is 12.6.